The van der Waals surface area contributed by atoms with Crippen molar-refractivity contribution < 1.29 is 44.3 Å². The van der Waals surface area contributed by atoms with Gasteiger partial charge in [0.25, 0.3) is 0 Å². The number of fused-ring (bicyclic) bond motifs is 2. The van der Waals surface area contributed by atoms with Crippen LogP contribution in [-0.4, -0.2) is 36.5 Å². The second kappa shape index (κ2) is 6.73. The number of aromatic nitrogens is 1. The number of ether oxygens (including phenoxy) is 1. The van der Waals surface area contributed by atoms with E-state index in [-0.39, 0.29) is 17.3 Å². The number of H-pyrrole nitrogens is 1. The van der Waals surface area contributed by atoms with Crippen LogP contribution in [0.15, 0.2) is 23.0 Å². The third kappa shape index (κ3) is 4.70. The van der Waals surface area contributed by atoms with Gasteiger partial charge in [0.1, 0.15) is 18.9 Å². The van der Waals surface area contributed by atoms with Crippen molar-refractivity contribution in [3.05, 3.63) is 34.1 Å². The molecule has 1 aliphatic heterocycles. The van der Waals surface area contributed by atoms with Crippen LogP contribution in [0.25, 0.3) is 10.9 Å². The van der Waals surface area contributed by atoms with Crippen LogP contribution in [0.5, 0.6) is 5.75 Å². The van der Waals surface area contributed by atoms with E-state index < -0.39 is 66.3 Å². The molecule has 3 rings (SSSR count). The molecule has 0 spiro atoms. The van der Waals surface area contributed by atoms with Crippen LogP contribution in [-0.2, 0) is 6.18 Å². The lowest BCUT2D eigenvalue weighted by Gasteiger charge is -2.39. The predicted octanol–water partition coefficient (Wildman–Crippen LogP) is 4.63. The molecule has 1 aliphatic rings. The minimum absolute atomic E-state index is 0.222. The van der Waals surface area contributed by atoms with Crippen molar-refractivity contribution >= 4 is 16.6 Å². The van der Waals surface area contributed by atoms with E-state index in [1.165, 1.54) is 0 Å². The predicted molar refractivity (Wildman–Crippen MR) is 82.9 cm³/mol. The molecule has 0 fully saturated rings. The van der Waals surface area contributed by atoms with E-state index in [2.05, 4.69) is 4.98 Å². The molecule has 1 aromatic carbocycles. The second-order valence-corrected chi connectivity index (χ2v) is 6.44. The fourth-order valence-electron chi connectivity index (χ4n) is 3.16. The molecule has 0 bridgehead atoms. The Balaban J connectivity index is 2.21. The SMILES string of the molecule is O=c1cc(C(F)(F)F)c2cc3c(cc2[nH]1)OC[C@@H](CC(F)(F)F)N3CC(F)(F)F. The summed E-state index contributed by atoms with van der Waals surface area (Å²) in [6.45, 7) is -2.59. The summed E-state index contributed by atoms with van der Waals surface area (Å²) >= 11 is 0. The third-order valence-corrected chi connectivity index (χ3v) is 4.23. The van der Waals surface area contributed by atoms with E-state index in [4.69, 9.17) is 4.74 Å². The van der Waals surface area contributed by atoms with Crippen molar-refractivity contribution in [1.82, 2.24) is 4.98 Å². The molecule has 0 unspecified atom stereocenters. The molecule has 0 amide bonds. The first-order valence-electron chi connectivity index (χ1n) is 7.95. The van der Waals surface area contributed by atoms with Crippen molar-refractivity contribution in [3.63, 3.8) is 0 Å². The first-order valence-corrected chi connectivity index (χ1v) is 7.95. The van der Waals surface area contributed by atoms with Crippen LogP contribution in [0.3, 0.4) is 0 Å². The number of hydrogen-bond donors (Lipinski definition) is 1. The van der Waals surface area contributed by atoms with Crippen LogP contribution in [0, 0.1) is 0 Å². The van der Waals surface area contributed by atoms with Gasteiger partial charge in [-0.15, -0.1) is 0 Å². The number of rotatable bonds is 2. The maximum absolute atomic E-state index is 13.3. The lowest BCUT2D eigenvalue weighted by atomic mass is 10.0. The number of benzene rings is 1. The number of nitrogens with zero attached hydrogens (tertiary/aromatic N) is 1. The molecule has 0 aliphatic carbocycles. The average Bonchev–Trinajstić information content (AvgIpc) is 2.51. The minimum Gasteiger partial charge on any atom is -0.489 e. The smallest absolute Gasteiger partial charge is 0.417 e. The molecule has 29 heavy (non-hydrogen) atoms. The first kappa shape index (κ1) is 21.1. The number of alkyl halides is 9. The maximum Gasteiger partial charge on any atom is 0.417 e. The minimum atomic E-state index is -5.02. The molecule has 1 N–H and O–H groups in total. The molecule has 0 saturated heterocycles. The van der Waals surface area contributed by atoms with Gasteiger partial charge in [-0.1, -0.05) is 0 Å². The lowest BCUT2D eigenvalue weighted by molar-refractivity contribution is -0.146. The monoisotopic (exact) mass is 434 g/mol. The number of aromatic amines is 1. The number of nitrogens with one attached hydrogen (secondary N) is 1. The Labute approximate surface area is 155 Å². The van der Waals surface area contributed by atoms with Crippen molar-refractivity contribution in [2.45, 2.75) is 31.0 Å². The highest BCUT2D eigenvalue weighted by Crippen LogP contribution is 2.43. The molecule has 2 heterocycles. The van der Waals surface area contributed by atoms with E-state index in [0.717, 1.165) is 6.07 Å². The third-order valence-electron chi connectivity index (χ3n) is 4.23. The average molecular weight is 434 g/mol. The summed E-state index contributed by atoms with van der Waals surface area (Å²) in [5, 5.41) is -0.667. The largest absolute Gasteiger partial charge is 0.489 e. The quantitative estimate of drug-likeness (QED) is 0.702. The topological polar surface area (TPSA) is 45.3 Å². The van der Waals surface area contributed by atoms with Crippen molar-refractivity contribution in [3.8, 4) is 5.75 Å². The van der Waals surface area contributed by atoms with E-state index in [1.807, 2.05) is 0 Å². The Morgan fingerprint density at radius 1 is 1.00 bits per heavy atom. The number of pyridine rings is 1. The Bertz CT molecular complexity index is 976. The van der Waals surface area contributed by atoms with Gasteiger partial charge in [-0.25, -0.2) is 0 Å². The number of hydrogen-bond acceptors (Lipinski definition) is 3. The Morgan fingerprint density at radius 2 is 1.66 bits per heavy atom. The van der Waals surface area contributed by atoms with Gasteiger partial charge in [0.15, 0.2) is 0 Å². The zero-order valence-corrected chi connectivity index (χ0v) is 14.1. The summed E-state index contributed by atoms with van der Waals surface area (Å²) < 4.78 is 122. The van der Waals surface area contributed by atoms with Crippen LogP contribution < -0.4 is 15.2 Å². The summed E-state index contributed by atoms with van der Waals surface area (Å²) in [5.74, 6) is -0.366. The highest BCUT2D eigenvalue weighted by molar-refractivity contribution is 5.89. The van der Waals surface area contributed by atoms with Gasteiger partial charge in [-0.2, -0.15) is 39.5 Å². The van der Waals surface area contributed by atoms with Crippen LogP contribution >= 0.6 is 0 Å². The normalized spacial score (nSPS) is 18.0. The van der Waals surface area contributed by atoms with Gasteiger partial charge in [-0.3, -0.25) is 4.79 Å². The van der Waals surface area contributed by atoms with E-state index in [1.54, 1.807) is 0 Å². The maximum atomic E-state index is 13.3. The second-order valence-electron chi connectivity index (χ2n) is 6.44. The standard InChI is InChI=1S/C16H11F9N2O2/c17-14(18,19)4-7-5-29-12-3-10-8(1-11(12)27(7)6-15(20,21)22)9(16(23,24)25)2-13(28)26-10/h1-3,7H,4-6H2,(H,26,28)/t7-/m1/s1. The Hall–Kier alpha value is -2.60. The summed E-state index contributed by atoms with van der Waals surface area (Å²) in [6, 6.07) is -0.0509. The number of halogens is 9. The molecule has 1 aromatic heterocycles. The van der Waals surface area contributed by atoms with Gasteiger partial charge < -0.3 is 14.6 Å². The molecule has 2 aromatic rings. The van der Waals surface area contributed by atoms with Crippen LogP contribution in [0.1, 0.15) is 12.0 Å². The fourth-order valence-corrected chi connectivity index (χ4v) is 3.16. The fraction of sp³-hybridized carbons (Fsp3) is 0.438. The molecule has 1 atom stereocenters. The van der Waals surface area contributed by atoms with Crippen molar-refractivity contribution in [1.29, 1.82) is 0 Å². The van der Waals surface area contributed by atoms with Crippen LogP contribution in [0.2, 0.25) is 0 Å². The van der Waals surface area contributed by atoms with E-state index >= 15 is 0 Å². The van der Waals surface area contributed by atoms with Crippen LogP contribution in [0.4, 0.5) is 45.2 Å². The summed E-state index contributed by atoms with van der Waals surface area (Å²) in [4.78, 5) is 13.9. The molecule has 0 saturated carbocycles. The molecule has 13 heteroatoms. The first-order chi connectivity index (χ1) is 13.1. The number of anilines is 1. The van der Waals surface area contributed by atoms with Crippen molar-refractivity contribution in [2.75, 3.05) is 18.1 Å². The molecular formula is C16H11F9N2O2. The lowest BCUT2D eigenvalue weighted by Crippen LogP contribution is -2.49. The van der Waals surface area contributed by atoms with Gasteiger partial charge >= 0.3 is 18.5 Å². The Morgan fingerprint density at radius 3 is 2.21 bits per heavy atom. The molecular weight excluding hydrogens is 423 g/mol. The molecule has 4 nitrogen and oxygen atoms in total. The summed E-state index contributed by atoms with van der Waals surface area (Å²) in [5.41, 5.74) is -3.48. The van der Waals surface area contributed by atoms with Gasteiger partial charge in [0.2, 0.25) is 5.56 Å². The zero-order valence-electron chi connectivity index (χ0n) is 14.1. The molecule has 160 valence electrons. The van der Waals surface area contributed by atoms with Gasteiger partial charge in [-0.05, 0) is 6.07 Å². The highest BCUT2D eigenvalue weighted by Gasteiger charge is 2.43. The van der Waals surface area contributed by atoms with Crippen molar-refractivity contribution in [2.24, 2.45) is 0 Å². The van der Waals surface area contributed by atoms with E-state index in [9.17, 15) is 44.3 Å². The van der Waals surface area contributed by atoms with E-state index in [0.29, 0.717) is 11.0 Å². The molecule has 0 radical (unpaired) electrons. The summed E-state index contributed by atoms with van der Waals surface area (Å²) in [7, 11) is 0. The Kier molecular flexibility index (Phi) is 4.90. The summed E-state index contributed by atoms with van der Waals surface area (Å²) in [6.07, 6.45) is -16.4. The van der Waals surface area contributed by atoms with Gasteiger partial charge in [0, 0.05) is 17.5 Å². The van der Waals surface area contributed by atoms with Gasteiger partial charge in [0.05, 0.1) is 29.2 Å². The zero-order chi connectivity index (χ0) is 21.8. The highest BCUT2D eigenvalue weighted by atomic mass is 19.4.